The Morgan fingerprint density at radius 1 is 2.00 bits per heavy atom. The Labute approximate surface area is 42.9 Å². The minimum Gasteiger partial charge on any atom is -0.376 e. The van der Waals surface area contributed by atoms with Crippen molar-refractivity contribution in [3.05, 3.63) is 7.05 Å². The minimum atomic E-state index is 0.315. The van der Waals surface area contributed by atoms with Crippen molar-refractivity contribution in [2.75, 3.05) is 7.05 Å². The third-order valence-corrected chi connectivity index (χ3v) is 0.688. The molecule has 2 nitrogen and oxygen atoms in total. The summed E-state index contributed by atoms with van der Waals surface area (Å²) >= 11 is 4.46. The summed E-state index contributed by atoms with van der Waals surface area (Å²) < 4.78 is 0. The fourth-order valence-electron chi connectivity index (χ4n) is 0. The molecule has 35 valence electrons. The predicted octanol–water partition coefficient (Wildman–Crippen LogP) is -0.0466. The maximum absolute atomic E-state index is 5.03. The van der Waals surface area contributed by atoms with E-state index in [9.17, 15) is 0 Å². The zero-order valence-electron chi connectivity index (χ0n) is 3.64. The molecule has 0 aromatic rings. The molecule has 0 bridgehead atoms. The Morgan fingerprint density at radius 2 is 2.17 bits per heavy atom. The second-order valence-electron chi connectivity index (χ2n) is 1.04. The van der Waals surface area contributed by atoms with E-state index in [1.54, 1.807) is 7.05 Å². The van der Waals surface area contributed by atoms with Gasteiger partial charge in [-0.1, -0.05) is 0 Å². The highest BCUT2D eigenvalue weighted by Gasteiger charge is 1.83. The molecule has 0 aliphatic rings. The Balaban J connectivity index is 3.26. The van der Waals surface area contributed by atoms with Gasteiger partial charge < -0.3 is 10.6 Å². The molecule has 0 spiro atoms. The molecule has 0 saturated heterocycles. The number of nitrogens with zero attached hydrogens (tertiary/aromatic N) is 1. The smallest absolute Gasteiger partial charge is 0.166 e. The van der Waals surface area contributed by atoms with Crippen molar-refractivity contribution in [3.8, 4) is 0 Å². The highest BCUT2D eigenvalue weighted by molar-refractivity contribution is 7.80. The van der Waals surface area contributed by atoms with Crippen LogP contribution in [0.25, 0.3) is 0 Å². The van der Waals surface area contributed by atoms with E-state index in [0.29, 0.717) is 5.11 Å². The molecule has 2 N–H and O–H groups in total. The molecule has 0 amide bonds. The molecule has 6 heavy (non-hydrogen) atoms. The zero-order valence-corrected chi connectivity index (χ0v) is 4.46. The topological polar surface area (TPSA) is 29.3 Å². The molecule has 0 heterocycles. The van der Waals surface area contributed by atoms with Crippen molar-refractivity contribution < 1.29 is 0 Å². The molecule has 0 aliphatic heterocycles. The lowest BCUT2D eigenvalue weighted by Crippen LogP contribution is -2.25. The molecular weight excluding hydrogens is 96.1 g/mol. The highest BCUT2D eigenvalue weighted by Crippen LogP contribution is 1.70. The van der Waals surface area contributed by atoms with E-state index >= 15 is 0 Å². The number of rotatable bonds is 0. The first kappa shape index (κ1) is 5.69. The van der Waals surface area contributed by atoms with Crippen LogP contribution in [0.1, 0.15) is 0 Å². The van der Waals surface area contributed by atoms with E-state index in [1.807, 2.05) is 0 Å². The maximum atomic E-state index is 5.03. The zero-order chi connectivity index (χ0) is 5.15. The van der Waals surface area contributed by atoms with Crippen LogP contribution in [-0.4, -0.2) is 17.1 Å². The van der Waals surface area contributed by atoms with E-state index in [4.69, 9.17) is 5.73 Å². The molecular formula is C3H7N2S. The average Bonchev–Trinajstić information content (AvgIpc) is 1.36. The van der Waals surface area contributed by atoms with Crippen molar-refractivity contribution in [1.82, 2.24) is 4.90 Å². The van der Waals surface area contributed by atoms with E-state index in [0.717, 1.165) is 0 Å². The van der Waals surface area contributed by atoms with Crippen LogP contribution in [-0.2, 0) is 0 Å². The average molecular weight is 103 g/mol. The summed E-state index contributed by atoms with van der Waals surface area (Å²) in [7, 11) is 5.10. The van der Waals surface area contributed by atoms with E-state index in [2.05, 4.69) is 19.3 Å². The lowest BCUT2D eigenvalue weighted by atomic mass is 10.9. The second kappa shape index (κ2) is 1.97. The van der Waals surface area contributed by atoms with Crippen LogP contribution in [0.3, 0.4) is 0 Å². The number of thiocarbonyl (C=S) groups is 1. The lowest BCUT2D eigenvalue weighted by Gasteiger charge is -2.05. The van der Waals surface area contributed by atoms with Gasteiger partial charge in [0.1, 0.15) is 0 Å². The molecule has 0 aromatic carbocycles. The molecule has 0 fully saturated rings. The predicted molar refractivity (Wildman–Crippen MR) is 29.9 cm³/mol. The van der Waals surface area contributed by atoms with Gasteiger partial charge in [-0.05, 0) is 12.2 Å². The molecule has 0 rings (SSSR count). The van der Waals surface area contributed by atoms with Crippen LogP contribution < -0.4 is 5.73 Å². The quantitative estimate of drug-likeness (QED) is 0.436. The molecule has 0 atom stereocenters. The van der Waals surface area contributed by atoms with Gasteiger partial charge >= 0.3 is 0 Å². The summed E-state index contributed by atoms with van der Waals surface area (Å²) in [5.74, 6) is 0. The molecule has 0 saturated carbocycles. The normalized spacial score (nSPS) is 7.67. The first-order valence-electron chi connectivity index (χ1n) is 1.48. The summed E-state index contributed by atoms with van der Waals surface area (Å²) in [6.07, 6.45) is 0. The Kier molecular flexibility index (Phi) is 1.87. The fourth-order valence-corrected chi connectivity index (χ4v) is 0. The van der Waals surface area contributed by atoms with Gasteiger partial charge in [0.25, 0.3) is 0 Å². The summed E-state index contributed by atoms with van der Waals surface area (Å²) in [5.41, 5.74) is 5.03. The van der Waals surface area contributed by atoms with Crippen LogP contribution in [0, 0.1) is 7.05 Å². The third-order valence-electron chi connectivity index (χ3n) is 0.376. The Hall–Kier alpha value is -0.310. The SMILES string of the molecule is [CH2]N(C)C(N)=S. The van der Waals surface area contributed by atoms with Gasteiger partial charge in [0, 0.05) is 14.1 Å². The Bertz CT molecular complexity index is 59.8. The van der Waals surface area contributed by atoms with Crippen molar-refractivity contribution in [3.63, 3.8) is 0 Å². The molecule has 1 radical (unpaired) electrons. The number of hydrogen-bond donors (Lipinski definition) is 1. The van der Waals surface area contributed by atoms with Gasteiger partial charge in [0.15, 0.2) is 5.11 Å². The fraction of sp³-hybridized carbons (Fsp3) is 0.333. The van der Waals surface area contributed by atoms with Gasteiger partial charge in [0.2, 0.25) is 0 Å². The summed E-state index contributed by atoms with van der Waals surface area (Å²) in [6, 6.07) is 0. The van der Waals surface area contributed by atoms with Gasteiger partial charge in [-0.25, -0.2) is 0 Å². The van der Waals surface area contributed by atoms with Gasteiger partial charge in [-0.3, -0.25) is 0 Å². The van der Waals surface area contributed by atoms with Gasteiger partial charge in [0.05, 0.1) is 0 Å². The van der Waals surface area contributed by atoms with Gasteiger partial charge in [-0.2, -0.15) is 0 Å². The number of hydrogen-bond acceptors (Lipinski definition) is 1. The van der Waals surface area contributed by atoms with Crippen LogP contribution in [0.5, 0.6) is 0 Å². The molecule has 0 unspecified atom stereocenters. The summed E-state index contributed by atoms with van der Waals surface area (Å²) in [4.78, 5) is 1.43. The van der Waals surface area contributed by atoms with Crippen LogP contribution >= 0.6 is 12.2 Å². The molecule has 0 aliphatic carbocycles. The minimum absolute atomic E-state index is 0.315. The standard InChI is InChI=1S/C3H7N2S/c1-5(2)3(4)6/h1H2,2H3,(H2,4,6). The van der Waals surface area contributed by atoms with Crippen molar-refractivity contribution >= 4 is 17.3 Å². The monoisotopic (exact) mass is 103 g/mol. The van der Waals surface area contributed by atoms with Crippen LogP contribution in [0.15, 0.2) is 0 Å². The van der Waals surface area contributed by atoms with Crippen LogP contribution in [0.4, 0.5) is 0 Å². The van der Waals surface area contributed by atoms with Crippen LogP contribution in [0.2, 0.25) is 0 Å². The third kappa shape index (κ3) is 1.96. The summed E-state index contributed by atoms with van der Waals surface area (Å²) in [6.45, 7) is 0. The van der Waals surface area contributed by atoms with Crippen molar-refractivity contribution in [2.24, 2.45) is 5.73 Å². The maximum Gasteiger partial charge on any atom is 0.166 e. The van der Waals surface area contributed by atoms with E-state index in [1.165, 1.54) is 4.90 Å². The second-order valence-corrected chi connectivity index (χ2v) is 1.45. The largest absolute Gasteiger partial charge is 0.376 e. The van der Waals surface area contributed by atoms with Gasteiger partial charge in [-0.15, -0.1) is 0 Å². The number of nitrogens with two attached hydrogens (primary N) is 1. The molecule has 3 heteroatoms. The summed E-state index contributed by atoms with van der Waals surface area (Å²) in [5, 5.41) is 0.315. The lowest BCUT2D eigenvalue weighted by molar-refractivity contribution is 0.688. The highest BCUT2D eigenvalue weighted by atomic mass is 32.1. The van der Waals surface area contributed by atoms with Crippen molar-refractivity contribution in [1.29, 1.82) is 0 Å². The van der Waals surface area contributed by atoms with E-state index in [-0.39, 0.29) is 0 Å². The van der Waals surface area contributed by atoms with Crippen molar-refractivity contribution in [2.45, 2.75) is 0 Å². The molecule has 0 aromatic heterocycles. The Morgan fingerprint density at radius 3 is 2.17 bits per heavy atom. The first-order valence-corrected chi connectivity index (χ1v) is 1.89. The first-order chi connectivity index (χ1) is 2.64. The van der Waals surface area contributed by atoms with E-state index < -0.39 is 0 Å².